The highest BCUT2D eigenvalue weighted by atomic mass is 32.1. The number of aryl methyl sites for hydroxylation is 1. The Morgan fingerprint density at radius 3 is 2.75 bits per heavy atom. The van der Waals surface area contributed by atoms with Crippen LogP contribution in [-0.4, -0.2) is 55.0 Å². The van der Waals surface area contributed by atoms with E-state index in [-0.39, 0.29) is 12.5 Å². The quantitative estimate of drug-likeness (QED) is 0.608. The fourth-order valence-electron chi connectivity index (χ4n) is 2.64. The van der Waals surface area contributed by atoms with E-state index in [1.165, 1.54) is 30.6 Å². The van der Waals surface area contributed by atoms with Gasteiger partial charge in [0, 0.05) is 43.7 Å². The van der Waals surface area contributed by atoms with Crippen LogP contribution in [-0.2, 0) is 4.79 Å². The number of hydrogen-bond donors (Lipinski definition) is 2. The Labute approximate surface area is 148 Å². The van der Waals surface area contributed by atoms with Crippen LogP contribution in [0.1, 0.15) is 48.4 Å². The van der Waals surface area contributed by atoms with Gasteiger partial charge >= 0.3 is 0 Å². The predicted molar refractivity (Wildman–Crippen MR) is 99.7 cm³/mol. The molecule has 1 amide bonds. The van der Waals surface area contributed by atoms with Crippen molar-refractivity contribution in [3.63, 3.8) is 0 Å². The zero-order valence-electron chi connectivity index (χ0n) is 15.1. The average Bonchev–Trinajstić information content (AvgIpc) is 3.20. The Bertz CT molecular complexity index is 563. The molecular formula is C17H29N5OS. The molecule has 1 saturated carbocycles. The molecule has 0 radical (unpaired) electrons. The fourth-order valence-corrected chi connectivity index (χ4v) is 3.47. The van der Waals surface area contributed by atoms with Gasteiger partial charge in [0.25, 0.3) is 0 Å². The van der Waals surface area contributed by atoms with E-state index >= 15 is 0 Å². The van der Waals surface area contributed by atoms with Crippen LogP contribution in [0, 0.1) is 6.92 Å². The molecule has 0 saturated heterocycles. The van der Waals surface area contributed by atoms with Crippen molar-refractivity contribution in [2.75, 3.05) is 27.2 Å². The maximum atomic E-state index is 11.8. The molecule has 1 heterocycles. The number of likely N-dealkylation sites (N-methyl/N-ethyl adjacent to an activating group) is 1. The molecule has 1 aromatic heterocycles. The molecule has 2 N–H and O–H groups in total. The highest BCUT2D eigenvalue weighted by Crippen LogP contribution is 2.20. The first kappa shape index (κ1) is 18.7. The number of hydrogen-bond acceptors (Lipinski definition) is 4. The summed E-state index contributed by atoms with van der Waals surface area (Å²) in [5.41, 5.74) is 0. The van der Waals surface area contributed by atoms with Gasteiger partial charge in [-0.3, -0.25) is 4.79 Å². The third-order valence-corrected chi connectivity index (χ3v) is 5.35. The molecule has 0 bridgehead atoms. The van der Waals surface area contributed by atoms with Gasteiger partial charge in [-0.05, 0) is 19.8 Å². The molecule has 2 rings (SSSR count). The van der Waals surface area contributed by atoms with Crippen LogP contribution in [0.25, 0.3) is 0 Å². The second-order valence-corrected chi connectivity index (χ2v) is 7.94. The first-order valence-electron chi connectivity index (χ1n) is 8.63. The molecule has 24 heavy (non-hydrogen) atoms. The number of carbonyl (C=O) groups is 1. The highest BCUT2D eigenvalue weighted by molar-refractivity contribution is 7.11. The maximum Gasteiger partial charge on any atom is 0.243 e. The monoisotopic (exact) mass is 351 g/mol. The Kier molecular flexibility index (Phi) is 7.02. The molecule has 0 spiro atoms. The summed E-state index contributed by atoms with van der Waals surface area (Å²) in [5, 5.41) is 7.99. The van der Waals surface area contributed by atoms with E-state index in [1.54, 1.807) is 30.3 Å². The van der Waals surface area contributed by atoms with Crippen molar-refractivity contribution < 1.29 is 4.79 Å². The number of aromatic nitrogens is 1. The van der Waals surface area contributed by atoms with Crippen molar-refractivity contribution in [2.24, 2.45) is 4.99 Å². The molecule has 1 fully saturated rings. The lowest BCUT2D eigenvalue weighted by molar-refractivity contribution is -0.127. The number of nitrogens with one attached hydrogen (secondary N) is 2. The van der Waals surface area contributed by atoms with E-state index in [4.69, 9.17) is 0 Å². The number of aliphatic imine (C=N–C) groups is 1. The topological polar surface area (TPSA) is 69.6 Å². The summed E-state index contributed by atoms with van der Waals surface area (Å²) < 4.78 is 0. The molecule has 0 aliphatic heterocycles. The normalized spacial score (nSPS) is 16.9. The van der Waals surface area contributed by atoms with Gasteiger partial charge in [-0.25, -0.2) is 9.98 Å². The summed E-state index contributed by atoms with van der Waals surface area (Å²) in [6.07, 6.45) is 6.78. The van der Waals surface area contributed by atoms with Gasteiger partial charge in [0.1, 0.15) is 6.54 Å². The lowest BCUT2D eigenvalue weighted by Gasteiger charge is -2.19. The minimum Gasteiger partial charge on any atom is -0.356 e. The van der Waals surface area contributed by atoms with Crippen molar-refractivity contribution >= 4 is 23.2 Å². The molecule has 6 nitrogen and oxygen atoms in total. The first-order chi connectivity index (χ1) is 11.5. The molecule has 1 atom stereocenters. The van der Waals surface area contributed by atoms with Crippen molar-refractivity contribution in [1.29, 1.82) is 0 Å². The smallest absolute Gasteiger partial charge is 0.243 e. The summed E-state index contributed by atoms with van der Waals surface area (Å²) in [6, 6.07) is 0.461. The second-order valence-electron chi connectivity index (χ2n) is 6.67. The zero-order valence-corrected chi connectivity index (χ0v) is 15.9. The van der Waals surface area contributed by atoms with Crippen LogP contribution in [0.4, 0.5) is 0 Å². The van der Waals surface area contributed by atoms with Gasteiger partial charge in [-0.15, -0.1) is 11.3 Å². The van der Waals surface area contributed by atoms with Crippen LogP contribution in [0.3, 0.4) is 0 Å². The standard InChI is InChI=1S/C17H29N5OS/c1-12(16-18-10-13(2)24-16)9-19-17(20-11-15(23)22(3)4)21-14-7-5-6-8-14/h10,12,14H,5-9,11H2,1-4H3,(H2,19,20,21). The summed E-state index contributed by atoms with van der Waals surface area (Å²) in [4.78, 5) is 23.5. The molecule has 7 heteroatoms. The van der Waals surface area contributed by atoms with Gasteiger partial charge < -0.3 is 15.5 Å². The number of amides is 1. The summed E-state index contributed by atoms with van der Waals surface area (Å²) in [6.45, 7) is 5.15. The molecule has 1 unspecified atom stereocenters. The number of carbonyl (C=O) groups excluding carboxylic acids is 1. The van der Waals surface area contributed by atoms with E-state index < -0.39 is 0 Å². The Morgan fingerprint density at radius 2 is 2.17 bits per heavy atom. The predicted octanol–water partition coefficient (Wildman–Crippen LogP) is 2.12. The molecule has 0 aromatic carbocycles. The summed E-state index contributed by atoms with van der Waals surface area (Å²) in [7, 11) is 3.50. The highest BCUT2D eigenvalue weighted by Gasteiger charge is 2.17. The van der Waals surface area contributed by atoms with Gasteiger partial charge in [0.05, 0.1) is 5.01 Å². The molecule has 134 valence electrons. The SMILES string of the molecule is Cc1cnc(C(C)CNC(=NCC(=O)N(C)C)NC2CCCC2)s1. The van der Waals surface area contributed by atoms with Crippen LogP contribution >= 0.6 is 11.3 Å². The number of thiazole rings is 1. The van der Waals surface area contributed by atoms with Gasteiger partial charge in [0.2, 0.25) is 5.91 Å². The van der Waals surface area contributed by atoms with Crippen LogP contribution in [0.5, 0.6) is 0 Å². The van der Waals surface area contributed by atoms with E-state index in [1.807, 2.05) is 6.20 Å². The summed E-state index contributed by atoms with van der Waals surface area (Å²) >= 11 is 1.73. The van der Waals surface area contributed by atoms with E-state index in [2.05, 4.69) is 34.5 Å². The molecule has 1 aliphatic rings. The summed E-state index contributed by atoms with van der Waals surface area (Å²) in [5.74, 6) is 1.05. The third-order valence-electron chi connectivity index (χ3n) is 4.20. The van der Waals surface area contributed by atoms with Gasteiger partial charge in [-0.1, -0.05) is 19.8 Å². The van der Waals surface area contributed by atoms with Crippen molar-refractivity contribution in [3.8, 4) is 0 Å². The van der Waals surface area contributed by atoms with Crippen LogP contribution in [0.15, 0.2) is 11.2 Å². The fraction of sp³-hybridized carbons (Fsp3) is 0.706. The average molecular weight is 352 g/mol. The molecule has 1 aliphatic carbocycles. The van der Waals surface area contributed by atoms with Crippen molar-refractivity contribution in [1.82, 2.24) is 20.5 Å². The number of guanidine groups is 1. The van der Waals surface area contributed by atoms with Gasteiger partial charge in [0.15, 0.2) is 5.96 Å². The largest absolute Gasteiger partial charge is 0.356 e. The molecular weight excluding hydrogens is 322 g/mol. The van der Waals surface area contributed by atoms with Crippen LogP contribution < -0.4 is 10.6 Å². The maximum absolute atomic E-state index is 11.8. The first-order valence-corrected chi connectivity index (χ1v) is 9.44. The third kappa shape index (κ3) is 5.78. The zero-order chi connectivity index (χ0) is 17.5. The number of nitrogens with zero attached hydrogens (tertiary/aromatic N) is 3. The van der Waals surface area contributed by atoms with Crippen LogP contribution in [0.2, 0.25) is 0 Å². The lowest BCUT2D eigenvalue weighted by Crippen LogP contribution is -2.44. The van der Waals surface area contributed by atoms with Crippen molar-refractivity contribution in [2.45, 2.75) is 51.5 Å². The minimum atomic E-state index is 0.00567. The van der Waals surface area contributed by atoms with E-state index in [9.17, 15) is 4.79 Å². The second kappa shape index (κ2) is 9.01. The Balaban J connectivity index is 1.93. The lowest BCUT2D eigenvalue weighted by atomic mass is 10.2. The van der Waals surface area contributed by atoms with Gasteiger partial charge in [-0.2, -0.15) is 0 Å². The number of rotatable bonds is 6. The Hall–Kier alpha value is -1.63. The minimum absolute atomic E-state index is 0.00567. The van der Waals surface area contributed by atoms with E-state index in [0.29, 0.717) is 12.0 Å². The molecule has 1 aromatic rings. The van der Waals surface area contributed by atoms with E-state index in [0.717, 1.165) is 17.5 Å². The van der Waals surface area contributed by atoms with Crippen molar-refractivity contribution in [3.05, 3.63) is 16.1 Å². The Morgan fingerprint density at radius 1 is 1.46 bits per heavy atom.